The molecule has 1 N–H and O–H groups in total. The van der Waals surface area contributed by atoms with Gasteiger partial charge in [-0.05, 0) is 0 Å². The molecule has 0 saturated heterocycles. The van der Waals surface area contributed by atoms with Gasteiger partial charge < -0.3 is 4.42 Å². The fourth-order valence-corrected chi connectivity index (χ4v) is 0.639. The summed E-state index contributed by atoms with van der Waals surface area (Å²) in [6.45, 7) is 1.36. The predicted molar refractivity (Wildman–Crippen MR) is 36.3 cm³/mol. The Kier molecular flexibility index (Phi) is 2.00. The highest BCUT2D eigenvalue weighted by Gasteiger charge is 2.02. The molecule has 0 radical (unpaired) electrons. The van der Waals surface area contributed by atoms with Crippen molar-refractivity contribution in [3.63, 3.8) is 0 Å². The molecule has 0 saturated carbocycles. The highest BCUT2D eigenvalue weighted by Crippen LogP contribution is 2.09. The summed E-state index contributed by atoms with van der Waals surface area (Å²) < 4.78 is 4.76. The first kappa shape index (κ1) is 7.20. The quantitative estimate of drug-likeness (QED) is 0.737. The third-order valence-electron chi connectivity index (χ3n) is 0.683. The summed E-state index contributed by atoms with van der Waals surface area (Å²) in [6.07, 6.45) is 0. The Bertz CT molecular complexity index is 246. The second-order valence-corrected chi connectivity index (χ2v) is 2.22. The second kappa shape index (κ2) is 2.78. The van der Waals surface area contributed by atoms with Crippen LogP contribution in [0.3, 0.4) is 0 Å². The van der Waals surface area contributed by atoms with E-state index < -0.39 is 0 Å². The number of carbonyl (C=O) groups is 1. The zero-order chi connectivity index (χ0) is 7.56. The van der Waals surface area contributed by atoms with Gasteiger partial charge in [-0.2, -0.15) is 0 Å². The van der Waals surface area contributed by atoms with Crippen LogP contribution in [0.4, 0.5) is 6.01 Å². The molecule has 0 aliphatic carbocycles. The van der Waals surface area contributed by atoms with Crippen molar-refractivity contribution in [1.29, 1.82) is 0 Å². The van der Waals surface area contributed by atoms with Crippen molar-refractivity contribution in [2.75, 3.05) is 5.32 Å². The molecule has 1 aromatic heterocycles. The van der Waals surface area contributed by atoms with Crippen LogP contribution in [0.15, 0.2) is 9.22 Å². The van der Waals surface area contributed by atoms with E-state index in [1.54, 1.807) is 0 Å². The average molecular weight is 206 g/mol. The Morgan fingerprint density at radius 3 is 2.80 bits per heavy atom. The number of nitrogens with one attached hydrogen (secondary N) is 1. The SMILES string of the molecule is CC(=O)Nc1nnc(Br)o1. The number of rotatable bonds is 1. The van der Waals surface area contributed by atoms with Crippen molar-refractivity contribution in [3.05, 3.63) is 4.80 Å². The molecule has 54 valence electrons. The van der Waals surface area contributed by atoms with Crippen LogP contribution in [-0.4, -0.2) is 16.1 Å². The van der Waals surface area contributed by atoms with E-state index in [0.29, 0.717) is 0 Å². The van der Waals surface area contributed by atoms with E-state index in [-0.39, 0.29) is 16.7 Å². The first-order valence-corrected chi connectivity index (χ1v) is 3.24. The molecule has 0 fully saturated rings. The minimum absolute atomic E-state index is 0.0966. The summed E-state index contributed by atoms with van der Waals surface area (Å²) in [5.74, 6) is -0.240. The van der Waals surface area contributed by atoms with Gasteiger partial charge in [0.05, 0.1) is 0 Å². The lowest BCUT2D eigenvalue weighted by Gasteiger charge is -1.88. The lowest BCUT2D eigenvalue weighted by molar-refractivity contribution is -0.114. The fourth-order valence-electron chi connectivity index (χ4n) is 0.406. The zero-order valence-corrected chi connectivity index (χ0v) is 6.67. The first-order valence-electron chi connectivity index (χ1n) is 2.45. The molecule has 1 aromatic rings. The van der Waals surface area contributed by atoms with Gasteiger partial charge in [0.15, 0.2) is 0 Å². The predicted octanol–water partition coefficient (Wildman–Crippen LogP) is 0.790. The largest absolute Gasteiger partial charge is 0.397 e. The standard InChI is InChI=1S/C4H4BrN3O2/c1-2(9)6-4-8-7-3(5)10-4/h1H3,(H,6,8,9). The number of carbonyl (C=O) groups excluding carboxylic acids is 1. The van der Waals surface area contributed by atoms with E-state index in [4.69, 9.17) is 4.42 Å². The Hall–Kier alpha value is -0.910. The molecule has 1 amide bonds. The molecule has 0 atom stereocenters. The van der Waals surface area contributed by atoms with Crippen LogP contribution in [0, 0.1) is 0 Å². The van der Waals surface area contributed by atoms with E-state index in [1.807, 2.05) is 0 Å². The molecule has 6 heteroatoms. The summed E-state index contributed by atoms with van der Waals surface area (Å²) >= 11 is 2.93. The van der Waals surface area contributed by atoms with Gasteiger partial charge in [0.25, 0.3) is 4.80 Å². The van der Waals surface area contributed by atoms with Crippen LogP contribution >= 0.6 is 15.9 Å². The minimum Gasteiger partial charge on any atom is -0.397 e. The van der Waals surface area contributed by atoms with Crippen molar-refractivity contribution in [2.45, 2.75) is 6.92 Å². The van der Waals surface area contributed by atoms with E-state index in [1.165, 1.54) is 6.92 Å². The second-order valence-electron chi connectivity index (χ2n) is 1.54. The number of aromatic nitrogens is 2. The van der Waals surface area contributed by atoms with E-state index >= 15 is 0 Å². The van der Waals surface area contributed by atoms with Gasteiger partial charge >= 0.3 is 6.01 Å². The van der Waals surface area contributed by atoms with Gasteiger partial charge in [-0.3, -0.25) is 10.1 Å². The lowest BCUT2D eigenvalue weighted by Crippen LogP contribution is -2.05. The van der Waals surface area contributed by atoms with Crippen LogP contribution in [-0.2, 0) is 4.79 Å². The number of halogens is 1. The fraction of sp³-hybridized carbons (Fsp3) is 0.250. The van der Waals surface area contributed by atoms with Crippen LogP contribution in [0.2, 0.25) is 0 Å². The van der Waals surface area contributed by atoms with Crippen molar-refractivity contribution in [2.24, 2.45) is 0 Å². The molecular formula is C4H4BrN3O2. The molecule has 0 aliphatic rings. The van der Waals surface area contributed by atoms with Gasteiger partial charge in [-0.25, -0.2) is 0 Å². The Balaban J connectivity index is 2.67. The maximum absolute atomic E-state index is 10.4. The molecule has 0 spiro atoms. The lowest BCUT2D eigenvalue weighted by atomic mass is 10.7. The van der Waals surface area contributed by atoms with Crippen molar-refractivity contribution >= 4 is 27.9 Å². The molecule has 0 aromatic carbocycles. The maximum Gasteiger partial charge on any atom is 0.322 e. The highest BCUT2D eigenvalue weighted by atomic mass is 79.9. The summed E-state index contributed by atoms with van der Waals surface area (Å²) in [5, 5.41) is 9.23. The number of nitrogens with zero attached hydrogens (tertiary/aromatic N) is 2. The molecule has 1 rings (SSSR count). The number of hydrogen-bond acceptors (Lipinski definition) is 4. The van der Waals surface area contributed by atoms with E-state index in [2.05, 4.69) is 31.4 Å². The van der Waals surface area contributed by atoms with Crippen molar-refractivity contribution in [1.82, 2.24) is 10.2 Å². The maximum atomic E-state index is 10.4. The van der Waals surface area contributed by atoms with Crippen LogP contribution in [0.5, 0.6) is 0 Å². The normalized spacial score (nSPS) is 9.40. The van der Waals surface area contributed by atoms with Gasteiger partial charge in [0.1, 0.15) is 0 Å². The van der Waals surface area contributed by atoms with Crippen LogP contribution in [0.25, 0.3) is 0 Å². The summed E-state index contributed by atoms with van der Waals surface area (Å²) in [4.78, 5) is 10.6. The third kappa shape index (κ3) is 1.80. The van der Waals surface area contributed by atoms with Crippen LogP contribution in [0.1, 0.15) is 6.92 Å². The molecule has 0 unspecified atom stereocenters. The summed E-state index contributed by atoms with van der Waals surface area (Å²) in [7, 11) is 0. The number of anilines is 1. The highest BCUT2D eigenvalue weighted by molar-refractivity contribution is 9.10. The molecule has 0 aliphatic heterocycles. The van der Waals surface area contributed by atoms with Crippen molar-refractivity contribution < 1.29 is 9.21 Å². The average Bonchev–Trinajstić information content (AvgIpc) is 2.13. The molecule has 5 nitrogen and oxygen atoms in total. The third-order valence-corrected chi connectivity index (χ3v) is 1.00. The van der Waals surface area contributed by atoms with Gasteiger partial charge in [-0.1, -0.05) is 10.2 Å². The Morgan fingerprint density at radius 1 is 1.70 bits per heavy atom. The van der Waals surface area contributed by atoms with E-state index in [9.17, 15) is 4.79 Å². The molecule has 0 bridgehead atoms. The Labute approximate surface area is 64.9 Å². The van der Waals surface area contributed by atoms with Crippen molar-refractivity contribution in [3.8, 4) is 0 Å². The van der Waals surface area contributed by atoms with Gasteiger partial charge in [0, 0.05) is 22.9 Å². The zero-order valence-electron chi connectivity index (χ0n) is 5.09. The monoisotopic (exact) mass is 205 g/mol. The smallest absolute Gasteiger partial charge is 0.322 e. The summed E-state index contributed by atoms with van der Waals surface area (Å²) in [6, 6.07) is 0.0966. The van der Waals surface area contributed by atoms with Gasteiger partial charge in [0.2, 0.25) is 5.91 Å². The molecule has 10 heavy (non-hydrogen) atoms. The Morgan fingerprint density at radius 2 is 2.40 bits per heavy atom. The molecule has 1 heterocycles. The van der Waals surface area contributed by atoms with E-state index in [0.717, 1.165) is 0 Å². The topological polar surface area (TPSA) is 68.0 Å². The van der Waals surface area contributed by atoms with Crippen LogP contribution < -0.4 is 5.32 Å². The minimum atomic E-state index is -0.240. The van der Waals surface area contributed by atoms with Gasteiger partial charge in [-0.15, -0.1) is 0 Å². The molecular weight excluding hydrogens is 202 g/mol. The first-order chi connectivity index (χ1) is 4.68. The summed E-state index contributed by atoms with van der Waals surface area (Å²) in [5.41, 5.74) is 0. The number of amides is 1. The number of hydrogen-bond donors (Lipinski definition) is 1.